The lowest BCUT2D eigenvalue weighted by molar-refractivity contribution is -0.0513. The van der Waals surface area contributed by atoms with Gasteiger partial charge in [0.15, 0.2) is 11.5 Å². The number of ether oxygens (including phenoxy) is 2. The number of hydrogen-bond donors (Lipinski definition) is 2. The van der Waals surface area contributed by atoms with Crippen LogP contribution in [0.25, 0.3) is 0 Å². The maximum atomic E-state index is 11.8. The molecule has 0 bridgehead atoms. The Morgan fingerprint density at radius 1 is 1.12 bits per heavy atom. The number of benzene rings is 1. The molecule has 1 aliphatic heterocycles. The molecule has 168 valence electrons. The van der Waals surface area contributed by atoms with Gasteiger partial charge < -0.3 is 20.3 Å². The predicted octanol–water partition coefficient (Wildman–Crippen LogP) is 4.83. The van der Waals surface area contributed by atoms with Gasteiger partial charge in [0.25, 0.3) is 0 Å². The Balaban J connectivity index is 1.53. The van der Waals surface area contributed by atoms with Crippen molar-refractivity contribution in [1.82, 2.24) is 0 Å². The summed E-state index contributed by atoms with van der Waals surface area (Å²) >= 11 is 0. The topological polar surface area (TPSA) is 64.7 Å². The summed E-state index contributed by atoms with van der Waals surface area (Å²) in [5.41, 5.74) is 11.1. The first-order valence-corrected chi connectivity index (χ1v) is 12.2. The Hall–Kier alpha value is -2.22. The lowest BCUT2D eigenvalue weighted by Crippen LogP contribution is -2.51. The van der Waals surface area contributed by atoms with Crippen LogP contribution < -0.4 is 15.2 Å². The highest BCUT2D eigenvalue weighted by atomic mass is 16.7. The molecule has 0 saturated heterocycles. The Kier molecular flexibility index (Phi) is 4.55. The third-order valence-electron chi connectivity index (χ3n) is 9.20. The predicted molar refractivity (Wildman–Crippen MR) is 124 cm³/mol. The molecule has 3 N–H and O–H groups in total. The molecule has 4 nitrogen and oxygen atoms in total. The van der Waals surface area contributed by atoms with Crippen LogP contribution in [0, 0.1) is 29.1 Å². The summed E-state index contributed by atoms with van der Waals surface area (Å²) in [6.45, 7) is 4.44. The smallest absolute Gasteiger partial charge is 0.231 e. The second-order valence-corrected chi connectivity index (χ2v) is 10.6. The molecule has 4 aliphatic carbocycles. The van der Waals surface area contributed by atoms with Gasteiger partial charge >= 0.3 is 0 Å². The van der Waals surface area contributed by atoms with E-state index in [0.717, 1.165) is 56.4 Å². The van der Waals surface area contributed by atoms with Gasteiger partial charge in [-0.25, -0.2) is 0 Å². The van der Waals surface area contributed by atoms with Crippen LogP contribution in [0.1, 0.15) is 70.3 Å². The standard InChI is InChI=1S/C28H33NO3/c1-3-11-28(30)12-10-23-21-7-4-17-13-19(29)6-8-20(17)26(21)22(15-27(23,28)2)18-5-9-24-25(14-18)32-16-31-24/h5,9,13-14,19,21-23,30H,4,6-8,10,12,15-16,29H2,1-2H3/t19?,21-,22+,23-,27-,28-/m0/s1. The average molecular weight is 432 g/mol. The highest BCUT2D eigenvalue weighted by molar-refractivity contribution is 5.52. The Labute approximate surface area is 190 Å². The zero-order valence-electron chi connectivity index (χ0n) is 19.1. The van der Waals surface area contributed by atoms with Gasteiger partial charge in [0.05, 0.1) is 0 Å². The normalized spacial score (nSPS) is 39.4. The summed E-state index contributed by atoms with van der Waals surface area (Å²) in [4.78, 5) is 0. The van der Waals surface area contributed by atoms with Crippen molar-refractivity contribution < 1.29 is 14.6 Å². The van der Waals surface area contributed by atoms with E-state index in [1.165, 1.54) is 11.1 Å². The van der Waals surface area contributed by atoms with E-state index in [2.05, 4.69) is 43.0 Å². The molecule has 6 rings (SSSR count). The summed E-state index contributed by atoms with van der Waals surface area (Å²) < 4.78 is 11.3. The van der Waals surface area contributed by atoms with Crippen LogP contribution in [0.2, 0.25) is 0 Å². The average Bonchev–Trinajstić information content (AvgIpc) is 3.35. The van der Waals surface area contributed by atoms with E-state index in [1.54, 1.807) is 11.1 Å². The maximum Gasteiger partial charge on any atom is 0.231 e. The van der Waals surface area contributed by atoms with Gasteiger partial charge in [0.1, 0.15) is 5.60 Å². The summed E-state index contributed by atoms with van der Waals surface area (Å²) in [6.07, 6.45) is 9.41. The number of rotatable bonds is 1. The minimum Gasteiger partial charge on any atom is -0.454 e. The monoisotopic (exact) mass is 431 g/mol. The van der Waals surface area contributed by atoms with E-state index >= 15 is 0 Å². The van der Waals surface area contributed by atoms with Gasteiger partial charge in [0.2, 0.25) is 6.79 Å². The van der Waals surface area contributed by atoms with Crippen LogP contribution in [-0.4, -0.2) is 23.5 Å². The van der Waals surface area contributed by atoms with Crippen LogP contribution >= 0.6 is 0 Å². The molecular weight excluding hydrogens is 398 g/mol. The molecule has 0 aromatic heterocycles. The van der Waals surface area contributed by atoms with E-state index in [-0.39, 0.29) is 24.2 Å². The number of aliphatic hydroxyl groups is 1. The van der Waals surface area contributed by atoms with Crippen molar-refractivity contribution in [2.45, 2.75) is 76.4 Å². The summed E-state index contributed by atoms with van der Waals surface area (Å²) in [6, 6.07) is 6.61. The van der Waals surface area contributed by atoms with Gasteiger partial charge in [0, 0.05) is 17.4 Å². The van der Waals surface area contributed by atoms with Crippen LogP contribution in [0.15, 0.2) is 41.0 Å². The molecule has 2 saturated carbocycles. The van der Waals surface area contributed by atoms with Crippen molar-refractivity contribution in [3.63, 3.8) is 0 Å². The van der Waals surface area contributed by atoms with Crippen molar-refractivity contribution in [2.75, 3.05) is 6.79 Å². The number of hydrogen-bond acceptors (Lipinski definition) is 4. The molecule has 0 amide bonds. The summed E-state index contributed by atoms with van der Waals surface area (Å²) in [7, 11) is 0. The minimum atomic E-state index is -0.914. The highest BCUT2D eigenvalue weighted by Gasteiger charge is 2.62. The first-order valence-electron chi connectivity index (χ1n) is 12.2. The first-order chi connectivity index (χ1) is 15.4. The molecule has 1 aromatic carbocycles. The molecule has 0 radical (unpaired) electrons. The molecule has 1 aromatic rings. The SMILES string of the molecule is CC#C[C@]1(O)CC[C@H]2[C@@H]3CCC4=CC(N)CCC4=C3[C@@H](c3ccc4c(c3)OCO4)C[C@@]21C. The molecule has 32 heavy (non-hydrogen) atoms. The Bertz CT molecular complexity index is 1090. The fourth-order valence-corrected chi connectivity index (χ4v) is 7.67. The third kappa shape index (κ3) is 2.77. The second-order valence-electron chi connectivity index (χ2n) is 10.6. The van der Waals surface area contributed by atoms with Gasteiger partial charge in [-0.1, -0.05) is 30.6 Å². The molecule has 2 fully saturated rings. The van der Waals surface area contributed by atoms with Crippen molar-refractivity contribution >= 4 is 0 Å². The molecular formula is C28H33NO3. The number of allylic oxidation sites excluding steroid dienone is 3. The third-order valence-corrected chi connectivity index (χ3v) is 9.20. The molecule has 4 heteroatoms. The van der Waals surface area contributed by atoms with Gasteiger partial charge in [-0.2, -0.15) is 0 Å². The van der Waals surface area contributed by atoms with Crippen molar-refractivity contribution in [1.29, 1.82) is 0 Å². The molecule has 5 aliphatic rings. The van der Waals surface area contributed by atoms with Crippen LogP contribution in [0.3, 0.4) is 0 Å². The molecule has 6 atom stereocenters. The number of fused-ring (bicyclic) bond motifs is 5. The van der Waals surface area contributed by atoms with Crippen molar-refractivity contribution in [3.8, 4) is 23.3 Å². The zero-order valence-corrected chi connectivity index (χ0v) is 19.1. The highest BCUT2D eigenvalue weighted by Crippen LogP contribution is 2.66. The quantitative estimate of drug-likeness (QED) is 0.625. The minimum absolute atomic E-state index is 0.181. The number of nitrogens with two attached hydrogens (primary N) is 1. The van der Waals surface area contributed by atoms with Gasteiger partial charge in [-0.05, 0) is 92.5 Å². The van der Waals surface area contributed by atoms with Crippen LogP contribution in [0.4, 0.5) is 0 Å². The van der Waals surface area contributed by atoms with Gasteiger partial charge in [-0.15, -0.1) is 5.92 Å². The van der Waals surface area contributed by atoms with Crippen LogP contribution in [0.5, 0.6) is 11.5 Å². The van der Waals surface area contributed by atoms with Crippen molar-refractivity contribution in [3.05, 3.63) is 46.6 Å². The lowest BCUT2D eigenvalue weighted by atomic mass is 9.51. The van der Waals surface area contributed by atoms with E-state index in [1.807, 2.05) is 6.92 Å². The molecule has 1 unspecified atom stereocenters. The fraction of sp³-hybridized carbons (Fsp3) is 0.571. The van der Waals surface area contributed by atoms with Crippen molar-refractivity contribution in [2.24, 2.45) is 23.0 Å². The lowest BCUT2D eigenvalue weighted by Gasteiger charge is -2.54. The zero-order chi connectivity index (χ0) is 22.1. The largest absolute Gasteiger partial charge is 0.454 e. The van der Waals surface area contributed by atoms with E-state index in [4.69, 9.17) is 15.2 Å². The first kappa shape index (κ1) is 20.4. The molecule has 1 heterocycles. The van der Waals surface area contributed by atoms with E-state index in [0.29, 0.717) is 11.8 Å². The second kappa shape index (κ2) is 7.14. The van der Waals surface area contributed by atoms with Crippen LogP contribution in [-0.2, 0) is 0 Å². The van der Waals surface area contributed by atoms with E-state index in [9.17, 15) is 5.11 Å². The van der Waals surface area contributed by atoms with Gasteiger partial charge in [-0.3, -0.25) is 0 Å². The fourth-order valence-electron chi connectivity index (χ4n) is 7.67. The van der Waals surface area contributed by atoms with E-state index < -0.39 is 5.60 Å². The molecule has 0 spiro atoms. The maximum absolute atomic E-state index is 11.8. The Morgan fingerprint density at radius 2 is 1.97 bits per heavy atom. The summed E-state index contributed by atoms with van der Waals surface area (Å²) in [5, 5.41) is 11.8. The Morgan fingerprint density at radius 3 is 2.81 bits per heavy atom. The summed E-state index contributed by atoms with van der Waals surface area (Å²) in [5.74, 6) is 9.18.